The summed E-state index contributed by atoms with van der Waals surface area (Å²) in [4.78, 5) is 11.9. The molecule has 2 N–H and O–H groups in total. The quantitative estimate of drug-likeness (QED) is 0.658. The third-order valence-electron chi connectivity index (χ3n) is 2.65. The van der Waals surface area contributed by atoms with Gasteiger partial charge in [-0.15, -0.1) is 0 Å². The predicted octanol–water partition coefficient (Wildman–Crippen LogP) is 2.97. The second-order valence-corrected chi connectivity index (χ2v) is 5.00. The second kappa shape index (κ2) is 6.77. The van der Waals surface area contributed by atoms with Gasteiger partial charge in [-0.2, -0.15) is 5.26 Å². The molecular formula is C15H11BrN2O3. The van der Waals surface area contributed by atoms with Gasteiger partial charge in [0.1, 0.15) is 23.2 Å². The van der Waals surface area contributed by atoms with Crippen LogP contribution in [0.15, 0.2) is 51.1 Å². The molecule has 0 saturated heterocycles. The Hall–Kier alpha value is -2.52. The number of hydrogen-bond donors (Lipinski definition) is 2. The van der Waals surface area contributed by atoms with E-state index in [0.29, 0.717) is 15.8 Å². The lowest BCUT2D eigenvalue weighted by Crippen LogP contribution is -2.23. The van der Waals surface area contributed by atoms with Gasteiger partial charge in [-0.3, -0.25) is 4.79 Å². The van der Waals surface area contributed by atoms with Crippen molar-refractivity contribution in [2.75, 3.05) is 0 Å². The van der Waals surface area contributed by atoms with Gasteiger partial charge in [-0.05, 0) is 51.8 Å². The van der Waals surface area contributed by atoms with E-state index in [1.807, 2.05) is 6.07 Å². The molecule has 0 aliphatic heterocycles. The maximum Gasteiger partial charge on any atom is 0.262 e. The van der Waals surface area contributed by atoms with Crippen molar-refractivity contribution >= 4 is 27.9 Å². The van der Waals surface area contributed by atoms with Crippen LogP contribution >= 0.6 is 15.9 Å². The highest BCUT2D eigenvalue weighted by Crippen LogP contribution is 2.25. The Bertz CT molecular complexity index is 715. The molecule has 0 radical (unpaired) electrons. The molecule has 0 spiro atoms. The Morgan fingerprint density at radius 1 is 1.48 bits per heavy atom. The molecular weight excluding hydrogens is 336 g/mol. The lowest BCUT2D eigenvalue weighted by molar-refractivity contribution is -0.117. The van der Waals surface area contributed by atoms with Gasteiger partial charge in [-0.1, -0.05) is 6.07 Å². The Labute approximate surface area is 129 Å². The van der Waals surface area contributed by atoms with Gasteiger partial charge in [0.25, 0.3) is 5.91 Å². The van der Waals surface area contributed by atoms with Crippen LogP contribution in [0.3, 0.4) is 0 Å². The number of furan rings is 1. The smallest absolute Gasteiger partial charge is 0.262 e. The first kappa shape index (κ1) is 14.9. The Balaban J connectivity index is 2.10. The first-order chi connectivity index (χ1) is 10.1. The average molecular weight is 347 g/mol. The van der Waals surface area contributed by atoms with E-state index in [-0.39, 0.29) is 17.9 Å². The number of halogens is 1. The van der Waals surface area contributed by atoms with Gasteiger partial charge < -0.3 is 14.8 Å². The Morgan fingerprint density at radius 2 is 2.29 bits per heavy atom. The first-order valence-corrected chi connectivity index (χ1v) is 6.80. The van der Waals surface area contributed by atoms with Crippen molar-refractivity contribution in [2.45, 2.75) is 6.54 Å². The molecule has 0 atom stereocenters. The minimum atomic E-state index is -0.488. The van der Waals surface area contributed by atoms with E-state index in [4.69, 9.17) is 9.68 Å². The maximum atomic E-state index is 11.9. The molecule has 1 heterocycles. The highest BCUT2D eigenvalue weighted by molar-refractivity contribution is 9.10. The highest BCUT2D eigenvalue weighted by atomic mass is 79.9. The molecule has 0 fully saturated rings. The van der Waals surface area contributed by atoms with E-state index in [1.54, 1.807) is 24.3 Å². The number of benzene rings is 1. The molecule has 0 unspecified atom stereocenters. The monoisotopic (exact) mass is 346 g/mol. The Kier molecular flexibility index (Phi) is 4.80. The van der Waals surface area contributed by atoms with Crippen molar-refractivity contribution in [3.63, 3.8) is 0 Å². The summed E-state index contributed by atoms with van der Waals surface area (Å²) in [5.74, 6) is 0.207. The van der Waals surface area contributed by atoms with Crippen LogP contribution in [0.1, 0.15) is 11.3 Å². The lowest BCUT2D eigenvalue weighted by Gasteiger charge is -2.03. The molecule has 1 aromatic carbocycles. The van der Waals surface area contributed by atoms with Gasteiger partial charge in [0, 0.05) is 0 Å². The van der Waals surface area contributed by atoms with Crippen LogP contribution in [0, 0.1) is 11.3 Å². The van der Waals surface area contributed by atoms with E-state index in [0.717, 1.165) is 0 Å². The SMILES string of the molecule is N#C/C(=C\c1ccc(O)c(Br)c1)C(=O)NCc1ccco1. The summed E-state index contributed by atoms with van der Waals surface area (Å²) in [6.45, 7) is 0.212. The largest absolute Gasteiger partial charge is 0.507 e. The minimum absolute atomic E-state index is 0.0286. The number of phenols is 1. The van der Waals surface area contributed by atoms with Crippen molar-refractivity contribution in [2.24, 2.45) is 0 Å². The summed E-state index contributed by atoms with van der Waals surface area (Å²) in [6, 6.07) is 10.0. The van der Waals surface area contributed by atoms with E-state index in [2.05, 4.69) is 21.2 Å². The van der Waals surface area contributed by atoms with Crippen LogP contribution in [-0.2, 0) is 11.3 Å². The number of rotatable bonds is 4. The fourth-order valence-corrected chi connectivity index (χ4v) is 2.00. The third kappa shape index (κ3) is 3.97. The molecule has 1 amide bonds. The van der Waals surface area contributed by atoms with E-state index >= 15 is 0 Å². The third-order valence-corrected chi connectivity index (χ3v) is 3.29. The van der Waals surface area contributed by atoms with E-state index < -0.39 is 5.91 Å². The highest BCUT2D eigenvalue weighted by Gasteiger charge is 2.10. The molecule has 2 rings (SSSR count). The summed E-state index contributed by atoms with van der Waals surface area (Å²) in [5, 5.41) is 21.1. The summed E-state index contributed by atoms with van der Waals surface area (Å²) in [5.41, 5.74) is 0.600. The van der Waals surface area contributed by atoms with E-state index in [1.165, 1.54) is 18.4 Å². The van der Waals surface area contributed by atoms with Crippen molar-refractivity contribution < 1.29 is 14.3 Å². The number of carbonyl (C=O) groups excluding carboxylic acids is 1. The Morgan fingerprint density at radius 3 is 2.90 bits per heavy atom. The predicted molar refractivity (Wildman–Crippen MR) is 80.0 cm³/mol. The summed E-state index contributed by atoms with van der Waals surface area (Å²) < 4.78 is 5.58. The molecule has 0 aliphatic carbocycles. The molecule has 6 heteroatoms. The summed E-state index contributed by atoms with van der Waals surface area (Å²) >= 11 is 3.18. The van der Waals surface area contributed by atoms with Gasteiger partial charge in [0.15, 0.2) is 0 Å². The number of aromatic hydroxyl groups is 1. The fraction of sp³-hybridized carbons (Fsp3) is 0.0667. The zero-order valence-electron chi connectivity index (χ0n) is 10.8. The number of nitriles is 1. The van der Waals surface area contributed by atoms with Crippen LogP contribution in [0.25, 0.3) is 6.08 Å². The molecule has 2 aromatic rings. The molecule has 0 saturated carbocycles. The van der Waals surface area contributed by atoms with Crippen LogP contribution < -0.4 is 5.32 Å². The van der Waals surface area contributed by atoms with Crippen LogP contribution in [0.5, 0.6) is 5.75 Å². The number of nitrogens with one attached hydrogen (secondary N) is 1. The fourth-order valence-electron chi connectivity index (χ4n) is 1.60. The minimum Gasteiger partial charge on any atom is -0.507 e. The van der Waals surface area contributed by atoms with Gasteiger partial charge in [0.2, 0.25) is 0 Å². The van der Waals surface area contributed by atoms with Gasteiger partial charge in [0.05, 0.1) is 17.3 Å². The van der Waals surface area contributed by atoms with Crippen LogP contribution in [-0.4, -0.2) is 11.0 Å². The summed E-state index contributed by atoms with van der Waals surface area (Å²) in [6.07, 6.45) is 2.96. The molecule has 21 heavy (non-hydrogen) atoms. The first-order valence-electron chi connectivity index (χ1n) is 6.01. The number of amides is 1. The zero-order chi connectivity index (χ0) is 15.2. The van der Waals surface area contributed by atoms with Crippen molar-refractivity contribution in [3.8, 4) is 11.8 Å². The van der Waals surface area contributed by atoms with Gasteiger partial charge in [-0.25, -0.2) is 0 Å². The summed E-state index contributed by atoms with van der Waals surface area (Å²) in [7, 11) is 0. The molecule has 1 aromatic heterocycles. The van der Waals surface area contributed by atoms with Gasteiger partial charge >= 0.3 is 0 Å². The van der Waals surface area contributed by atoms with Crippen molar-refractivity contribution in [1.29, 1.82) is 5.26 Å². The van der Waals surface area contributed by atoms with Crippen LogP contribution in [0.2, 0.25) is 0 Å². The topological polar surface area (TPSA) is 86.3 Å². The number of hydrogen-bond acceptors (Lipinski definition) is 4. The average Bonchev–Trinajstić information content (AvgIpc) is 2.99. The molecule has 0 aliphatic rings. The van der Waals surface area contributed by atoms with Crippen molar-refractivity contribution in [3.05, 3.63) is 58.0 Å². The number of nitrogens with zero attached hydrogens (tertiary/aromatic N) is 1. The molecule has 5 nitrogen and oxygen atoms in total. The zero-order valence-corrected chi connectivity index (χ0v) is 12.4. The number of phenolic OH excluding ortho intramolecular Hbond substituents is 1. The van der Waals surface area contributed by atoms with E-state index in [9.17, 15) is 9.90 Å². The normalized spacial score (nSPS) is 11.0. The second-order valence-electron chi connectivity index (χ2n) is 4.14. The standard InChI is InChI=1S/C15H11BrN2O3/c16-13-7-10(3-4-14(13)19)6-11(8-17)15(20)18-9-12-2-1-5-21-12/h1-7,19H,9H2,(H,18,20)/b11-6+. The molecule has 0 bridgehead atoms. The van der Waals surface area contributed by atoms with Crippen LogP contribution in [0.4, 0.5) is 0 Å². The maximum absolute atomic E-state index is 11.9. The van der Waals surface area contributed by atoms with Crippen molar-refractivity contribution in [1.82, 2.24) is 5.32 Å². The lowest BCUT2D eigenvalue weighted by atomic mass is 10.1. The number of carbonyl (C=O) groups is 1. The molecule has 106 valence electrons.